The molecule has 0 aliphatic heterocycles. The molecule has 0 saturated carbocycles. The molecule has 1 aromatic heterocycles. The van der Waals surface area contributed by atoms with Crippen molar-refractivity contribution in [2.75, 3.05) is 0 Å². The number of benzene rings is 4. The average Bonchev–Trinajstić information content (AvgIpc) is 3.51. The third-order valence-electron chi connectivity index (χ3n) is 10.9. The van der Waals surface area contributed by atoms with E-state index in [4.69, 9.17) is 4.42 Å². The van der Waals surface area contributed by atoms with Crippen molar-refractivity contribution in [2.24, 2.45) is 11.8 Å². The van der Waals surface area contributed by atoms with Gasteiger partial charge in [0.25, 0.3) is 0 Å². The van der Waals surface area contributed by atoms with E-state index >= 15 is 0 Å². The van der Waals surface area contributed by atoms with E-state index in [2.05, 4.69) is 19.9 Å². The maximum Gasteiger partial charge on any atom is 0.422 e. The second-order valence-electron chi connectivity index (χ2n) is 14.7. The molecule has 7 rings (SSSR count). The van der Waals surface area contributed by atoms with Gasteiger partial charge in [-0.25, -0.2) is 22.0 Å². The minimum atomic E-state index is -5.32. The van der Waals surface area contributed by atoms with Crippen molar-refractivity contribution >= 4 is 33.1 Å². The van der Waals surface area contributed by atoms with E-state index in [0.29, 0.717) is 34.9 Å². The Labute approximate surface area is 321 Å². The largest absolute Gasteiger partial charge is 0.504 e. The molecule has 57 heavy (non-hydrogen) atoms. The van der Waals surface area contributed by atoms with Gasteiger partial charge in [-0.2, -0.15) is 26.3 Å². The van der Waals surface area contributed by atoms with E-state index in [9.17, 15) is 53.4 Å². The van der Waals surface area contributed by atoms with E-state index in [1.54, 1.807) is 12.1 Å². The zero-order valence-corrected chi connectivity index (χ0v) is 31.0. The minimum Gasteiger partial charge on any atom is -0.504 e. The van der Waals surface area contributed by atoms with Gasteiger partial charge < -0.3 is 9.52 Å². The van der Waals surface area contributed by atoms with Crippen LogP contribution in [-0.4, -0.2) is 5.11 Å². The zero-order chi connectivity index (χ0) is 41.4. The molecule has 1 heterocycles. The summed E-state index contributed by atoms with van der Waals surface area (Å²) in [6, 6.07) is 10.1. The van der Waals surface area contributed by atoms with Crippen LogP contribution in [-0.2, 0) is 12.4 Å². The van der Waals surface area contributed by atoms with Gasteiger partial charge in [-0.1, -0.05) is 69.9 Å². The van der Waals surface area contributed by atoms with Crippen LogP contribution in [0.5, 0.6) is 5.75 Å². The van der Waals surface area contributed by atoms with Crippen LogP contribution in [0, 0.1) is 40.9 Å². The summed E-state index contributed by atoms with van der Waals surface area (Å²) in [7, 11) is 0. The van der Waals surface area contributed by atoms with Crippen LogP contribution in [0.3, 0.4) is 0 Å². The summed E-state index contributed by atoms with van der Waals surface area (Å²) in [6.07, 6.45) is 4.01. The molecule has 2 aliphatic rings. The average molecular weight is 809 g/mol. The Hall–Kier alpha value is -4.81. The molecule has 2 unspecified atom stereocenters. The van der Waals surface area contributed by atoms with Gasteiger partial charge >= 0.3 is 12.4 Å². The number of hydrogen-bond donors (Lipinski definition) is 1. The highest BCUT2D eigenvalue weighted by atomic mass is 19.4. The highest BCUT2D eigenvalue weighted by Gasteiger charge is 2.41. The molecule has 2 aliphatic carbocycles. The van der Waals surface area contributed by atoms with E-state index in [1.807, 2.05) is 12.1 Å². The Kier molecular flexibility index (Phi) is 12.2. The van der Waals surface area contributed by atoms with Crippen LogP contribution in [0.25, 0.3) is 44.2 Å². The predicted octanol–water partition coefficient (Wildman–Crippen LogP) is 15.3. The summed E-state index contributed by atoms with van der Waals surface area (Å²) < 4.78 is 153. The van der Waals surface area contributed by atoms with Gasteiger partial charge in [-0.05, 0) is 103 Å². The van der Waals surface area contributed by atoms with Crippen molar-refractivity contribution in [1.82, 2.24) is 0 Å². The molecule has 5 aromatic rings. The normalized spacial score (nSPS) is 17.7. The smallest absolute Gasteiger partial charge is 0.422 e. The SMILES string of the molecule is CCCC1CC=C(c2ccc(-c3cc(F)c(C(F)(F)F)c(F)c3O)c(F)c2)CC1.CCCC1CC=C(c2ccc3c(c2)oc2c(F)c(C(F)(F)F)c(F)cc23)CC1. The molecule has 304 valence electrons. The number of phenolic OH excluding ortho intramolecular Hbond substituents is 1. The lowest BCUT2D eigenvalue weighted by Crippen LogP contribution is -2.12. The van der Waals surface area contributed by atoms with Crippen LogP contribution in [0.4, 0.5) is 48.3 Å². The van der Waals surface area contributed by atoms with Crippen LogP contribution in [0.2, 0.25) is 0 Å². The summed E-state index contributed by atoms with van der Waals surface area (Å²) >= 11 is 0. The van der Waals surface area contributed by atoms with E-state index in [1.165, 1.54) is 24.6 Å². The predicted molar refractivity (Wildman–Crippen MR) is 198 cm³/mol. The second-order valence-corrected chi connectivity index (χ2v) is 14.7. The Morgan fingerprint density at radius 2 is 1.14 bits per heavy atom. The summed E-state index contributed by atoms with van der Waals surface area (Å²) in [5, 5.41) is 10.2. The van der Waals surface area contributed by atoms with Gasteiger partial charge in [0.1, 0.15) is 34.2 Å². The molecule has 0 amide bonds. The second kappa shape index (κ2) is 16.6. The first-order valence-electron chi connectivity index (χ1n) is 18.8. The summed E-state index contributed by atoms with van der Waals surface area (Å²) in [4.78, 5) is 0. The van der Waals surface area contributed by atoms with E-state index in [0.717, 1.165) is 74.5 Å². The van der Waals surface area contributed by atoms with Crippen molar-refractivity contribution in [3.8, 4) is 16.9 Å². The van der Waals surface area contributed by atoms with E-state index in [-0.39, 0.29) is 16.5 Å². The van der Waals surface area contributed by atoms with Crippen molar-refractivity contribution in [1.29, 1.82) is 0 Å². The maximum absolute atomic E-state index is 14.7. The molecule has 4 aromatic carbocycles. The number of fused-ring (bicyclic) bond motifs is 3. The van der Waals surface area contributed by atoms with Crippen molar-refractivity contribution in [3.63, 3.8) is 0 Å². The number of halogens is 11. The highest BCUT2D eigenvalue weighted by molar-refractivity contribution is 6.06. The third kappa shape index (κ3) is 8.72. The van der Waals surface area contributed by atoms with Gasteiger partial charge in [-0.15, -0.1) is 0 Å². The van der Waals surface area contributed by atoms with Crippen molar-refractivity contribution < 1.29 is 57.8 Å². The number of phenols is 1. The molecule has 0 fully saturated rings. The van der Waals surface area contributed by atoms with Crippen LogP contribution >= 0.6 is 0 Å². The maximum atomic E-state index is 14.7. The quantitative estimate of drug-likeness (QED) is 0.166. The van der Waals surface area contributed by atoms with Gasteiger partial charge in [0, 0.05) is 21.9 Å². The molecule has 2 atom stereocenters. The topological polar surface area (TPSA) is 33.4 Å². The van der Waals surface area contributed by atoms with Crippen LogP contribution < -0.4 is 0 Å². The first-order chi connectivity index (χ1) is 26.9. The Morgan fingerprint density at radius 1 is 0.614 bits per heavy atom. The van der Waals surface area contributed by atoms with Gasteiger partial charge in [0.15, 0.2) is 23.0 Å². The number of alkyl halides is 6. The lowest BCUT2D eigenvalue weighted by molar-refractivity contribution is -0.143. The molecular weight excluding hydrogens is 769 g/mol. The van der Waals surface area contributed by atoms with Gasteiger partial charge in [0.2, 0.25) is 0 Å². The monoisotopic (exact) mass is 808 g/mol. The number of rotatable bonds is 7. The zero-order valence-electron chi connectivity index (χ0n) is 31.0. The summed E-state index contributed by atoms with van der Waals surface area (Å²) in [6.45, 7) is 4.29. The van der Waals surface area contributed by atoms with Gasteiger partial charge in [0.05, 0.1) is 0 Å². The Balaban J connectivity index is 0.000000193. The minimum absolute atomic E-state index is 0.00480. The summed E-state index contributed by atoms with van der Waals surface area (Å²) in [5.41, 5.74) is -1.87. The van der Waals surface area contributed by atoms with Crippen molar-refractivity contribution in [2.45, 2.75) is 90.4 Å². The molecule has 0 bridgehead atoms. The fourth-order valence-corrected chi connectivity index (χ4v) is 7.95. The van der Waals surface area contributed by atoms with Crippen LogP contribution in [0.15, 0.2) is 65.1 Å². The molecule has 0 spiro atoms. The molecule has 13 heteroatoms. The fourth-order valence-electron chi connectivity index (χ4n) is 7.95. The molecule has 1 N–H and O–H groups in total. The van der Waals surface area contributed by atoms with Crippen LogP contribution in [0.1, 0.15) is 100 Å². The first-order valence-corrected chi connectivity index (χ1v) is 18.8. The fraction of sp³-hybridized carbons (Fsp3) is 0.364. The Bertz CT molecular complexity index is 2350. The number of furan rings is 1. The van der Waals surface area contributed by atoms with Gasteiger partial charge in [-0.3, -0.25) is 0 Å². The Morgan fingerprint density at radius 3 is 1.65 bits per heavy atom. The third-order valence-corrected chi connectivity index (χ3v) is 10.9. The van der Waals surface area contributed by atoms with Crippen molar-refractivity contribution in [3.05, 3.63) is 112 Å². The molecule has 0 saturated heterocycles. The summed E-state index contributed by atoms with van der Waals surface area (Å²) in [5.74, 6) is -8.46. The molecule has 0 radical (unpaired) electrons. The molecule has 2 nitrogen and oxygen atoms in total. The standard InChI is InChI=1S/C22H20F6O.C22H19F5O/c1-2-3-12-4-6-13(7-5-12)14-8-9-15(17(23)10-14)16-11-18(24)19(22(26,27)28)20(25)21(16)29;1-2-3-12-4-6-13(7-5-12)14-8-9-15-16-11-17(23)19(22(25,26)27)20(24)21(16)28-18(15)10-14/h6,8-12,29H,2-5,7H2,1H3;6,8-12H,2-5,7H2,1H3. The van der Waals surface area contributed by atoms with E-state index < -0.39 is 69.5 Å². The highest BCUT2D eigenvalue weighted by Crippen LogP contribution is 2.44. The first kappa shape index (κ1) is 41.8. The lowest BCUT2D eigenvalue weighted by atomic mass is 9.84. The molecular formula is C44H39F11O2. The lowest BCUT2D eigenvalue weighted by Gasteiger charge is -2.22. The number of aromatic hydroxyl groups is 1. The number of hydrogen-bond acceptors (Lipinski definition) is 2. The number of allylic oxidation sites excluding steroid dienone is 4.